The summed E-state index contributed by atoms with van der Waals surface area (Å²) in [5.41, 5.74) is 0. The monoisotopic (exact) mass is 199 g/mol. The van der Waals surface area contributed by atoms with E-state index in [-0.39, 0.29) is 0 Å². The molecule has 2 rings (SSSR count). The zero-order valence-electron chi connectivity index (χ0n) is 8.84. The zero-order valence-corrected chi connectivity index (χ0v) is 8.84. The average molecular weight is 199 g/mol. The molecule has 0 aromatic heterocycles. The molecule has 3 nitrogen and oxygen atoms in total. The lowest BCUT2D eigenvalue weighted by molar-refractivity contribution is -0.0305. The van der Waals surface area contributed by atoms with Crippen LogP contribution in [0.15, 0.2) is 0 Å². The van der Waals surface area contributed by atoms with Crippen molar-refractivity contribution >= 4 is 0 Å². The summed E-state index contributed by atoms with van der Waals surface area (Å²) >= 11 is 0. The molecule has 1 heterocycles. The van der Waals surface area contributed by atoms with Gasteiger partial charge in [0.1, 0.15) is 0 Å². The molecule has 3 heteroatoms. The van der Waals surface area contributed by atoms with Crippen LogP contribution in [-0.4, -0.2) is 39.0 Å². The molecule has 0 radical (unpaired) electrons. The molecular formula is C11H21NO2. The largest absolute Gasteiger partial charge is 0.381 e. The summed E-state index contributed by atoms with van der Waals surface area (Å²) in [7, 11) is 0. The van der Waals surface area contributed by atoms with Crippen LogP contribution in [0.5, 0.6) is 0 Å². The Kier molecular flexibility index (Phi) is 4.22. The van der Waals surface area contributed by atoms with E-state index in [0.717, 1.165) is 45.1 Å². The first-order valence-electron chi connectivity index (χ1n) is 5.85. The van der Waals surface area contributed by atoms with E-state index in [1.54, 1.807) is 0 Å². The van der Waals surface area contributed by atoms with Crippen molar-refractivity contribution in [3.63, 3.8) is 0 Å². The van der Waals surface area contributed by atoms with E-state index >= 15 is 0 Å². The fourth-order valence-electron chi connectivity index (χ4n) is 1.77. The van der Waals surface area contributed by atoms with Gasteiger partial charge < -0.3 is 14.8 Å². The van der Waals surface area contributed by atoms with Crippen molar-refractivity contribution in [1.82, 2.24) is 5.32 Å². The first-order chi connectivity index (χ1) is 6.95. The van der Waals surface area contributed by atoms with Gasteiger partial charge in [0.15, 0.2) is 0 Å². The standard InChI is InChI=1S/C11H21NO2/c1-2-10(1)9-12-5-8-14-11-3-6-13-7-4-11/h10-12H,1-9H2. The van der Waals surface area contributed by atoms with E-state index in [0.29, 0.717) is 6.10 Å². The molecule has 0 unspecified atom stereocenters. The summed E-state index contributed by atoms with van der Waals surface area (Å²) < 4.78 is 11.0. The van der Waals surface area contributed by atoms with Crippen molar-refractivity contribution in [2.24, 2.45) is 5.92 Å². The number of hydrogen-bond acceptors (Lipinski definition) is 3. The second-order valence-electron chi connectivity index (χ2n) is 4.33. The molecule has 2 fully saturated rings. The Hall–Kier alpha value is -0.120. The van der Waals surface area contributed by atoms with Gasteiger partial charge in [-0.3, -0.25) is 0 Å². The van der Waals surface area contributed by atoms with Crippen molar-refractivity contribution in [2.45, 2.75) is 31.8 Å². The van der Waals surface area contributed by atoms with Crippen LogP contribution in [0.1, 0.15) is 25.7 Å². The van der Waals surface area contributed by atoms with E-state index in [2.05, 4.69) is 5.32 Å². The van der Waals surface area contributed by atoms with Crippen molar-refractivity contribution in [3.8, 4) is 0 Å². The van der Waals surface area contributed by atoms with Crippen LogP contribution in [0.25, 0.3) is 0 Å². The molecule has 0 aromatic carbocycles. The summed E-state index contributed by atoms with van der Waals surface area (Å²) in [6.07, 6.45) is 5.44. The minimum atomic E-state index is 0.450. The maximum absolute atomic E-state index is 5.74. The van der Waals surface area contributed by atoms with Gasteiger partial charge in [-0.05, 0) is 38.1 Å². The smallest absolute Gasteiger partial charge is 0.0619 e. The Labute approximate surface area is 86.2 Å². The highest BCUT2D eigenvalue weighted by Gasteiger charge is 2.20. The highest BCUT2D eigenvalue weighted by Crippen LogP contribution is 2.27. The molecule has 0 aromatic rings. The lowest BCUT2D eigenvalue weighted by Crippen LogP contribution is -2.28. The summed E-state index contributed by atoms with van der Waals surface area (Å²) in [5, 5.41) is 3.43. The van der Waals surface area contributed by atoms with E-state index < -0.39 is 0 Å². The van der Waals surface area contributed by atoms with Crippen LogP contribution in [-0.2, 0) is 9.47 Å². The van der Waals surface area contributed by atoms with Gasteiger partial charge in [0, 0.05) is 19.8 Å². The van der Waals surface area contributed by atoms with Crippen molar-refractivity contribution in [3.05, 3.63) is 0 Å². The van der Waals surface area contributed by atoms with Gasteiger partial charge in [-0.25, -0.2) is 0 Å². The normalized spacial score (nSPS) is 24.0. The second-order valence-corrected chi connectivity index (χ2v) is 4.33. The molecule has 14 heavy (non-hydrogen) atoms. The molecule has 1 N–H and O–H groups in total. The van der Waals surface area contributed by atoms with Gasteiger partial charge in [0.2, 0.25) is 0 Å². The predicted molar refractivity (Wildman–Crippen MR) is 55.4 cm³/mol. The maximum atomic E-state index is 5.74. The molecule has 0 bridgehead atoms. The summed E-state index contributed by atoms with van der Waals surface area (Å²) in [4.78, 5) is 0. The van der Waals surface area contributed by atoms with Gasteiger partial charge in [0.25, 0.3) is 0 Å². The molecular weight excluding hydrogens is 178 g/mol. The number of nitrogens with one attached hydrogen (secondary N) is 1. The van der Waals surface area contributed by atoms with Crippen molar-refractivity contribution in [2.75, 3.05) is 32.9 Å². The van der Waals surface area contributed by atoms with Gasteiger partial charge in [-0.1, -0.05) is 0 Å². The lowest BCUT2D eigenvalue weighted by atomic mass is 10.2. The van der Waals surface area contributed by atoms with Gasteiger partial charge >= 0.3 is 0 Å². The minimum Gasteiger partial charge on any atom is -0.381 e. The van der Waals surface area contributed by atoms with E-state index in [4.69, 9.17) is 9.47 Å². The van der Waals surface area contributed by atoms with Gasteiger partial charge in [-0.2, -0.15) is 0 Å². The Morgan fingerprint density at radius 3 is 2.64 bits per heavy atom. The highest BCUT2D eigenvalue weighted by molar-refractivity contribution is 4.75. The fraction of sp³-hybridized carbons (Fsp3) is 1.00. The Morgan fingerprint density at radius 1 is 1.14 bits per heavy atom. The molecule has 0 atom stereocenters. The van der Waals surface area contributed by atoms with Gasteiger partial charge in [-0.15, -0.1) is 0 Å². The number of hydrogen-bond donors (Lipinski definition) is 1. The quantitative estimate of drug-likeness (QED) is 0.652. The first-order valence-corrected chi connectivity index (χ1v) is 5.85. The average Bonchev–Trinajstić information content (AvgIpc) is 3.03. The predicted octanol–water partition coefficient (Wildman–Crippen LogP) is 1.18. The molecule has 0 amide bonds. The van der Waals surface area contributed by atoms with E-state index in [1.807, 2.05) is 0 Å². The lowest BCUT2D eigenvalue weighted by Gasteiger charge is -2.22. The van der Waals surface area contributed by atoms with Crippen LogP contribution >= 0.6 is 0 Å². The molecule has 1 saturated heterocycles. The Balaban J connectivity index is 1.41. The van der Waals surface area contributed by atoms with Crippen molar-refractivity contribution in [1.29, 1.82) is 0 Å². The third-order valence-electron chi connectivity index (χ3n) is 2.93. The zero-order chi connectivity index (χ0) is 9.64. The van der Waals surface area contributed by atoms with Crippen LogP contribution in [0.3, 0.4) is 0 Å². The minimum absolute atomic E-state index is 0.450. The highest BCUT2D eigenvalue weighted by atomic mass is 16.5. The van der Waals surface area contributed by atoms with Crippen LogP contribution in [0.2, 0.25) is 0 Å². The summed E-state index contributed by atoms with van der Waals surface area (Å²) in [6, 6.07) is 0. The van der Waals surface area contributed by atoms with Gasteiger partial charge in [0.05, 0.1) is 12.7 Å². The molecule has 1 aliphatic heterocycles. The number of rotatable bonds is 6. The molecule has 2 aliphatic rings. The Morgan fingerprint density at radius 2 is 1.93 bits per heavy atom. The topological polar surface area (TPSA) is 30.5 Å². The Bertz CT molecular complexity index is 153. The number of ether oxygens (including phenoxy) is 2. The third kappa shape index (κ3) is 3.95. The first kappa shape index (κ1) is 10.4. The SMILES string of the molecule is C(COC1CCOCC1)NCC1CC1. The molecule has 0 spiro atoms. The van der Waals surface area contributed by atoms with Crippen LogP contribution in [0.4, 0.5) is 0 Å². The summed E-state index contributed by atoms with van der Waals surface area (Å²) in [5.74, 6) is 0.970. The van der Waals surface area contributed by atoms with Crippen molar-refractivity contribution < 1.29 is 9.47 Å². The fourth-order valence-corrected chi connectivity index (χ4v) is 1.77. The molecule has 1 aliphatic carbocycles. The van der Waals surface area contributed by atoms with E-state index in [1.165, 1.54) is 19.4 Å². The maximum Gasteiger partial charge on any atom is 0.0619 e. The second kappa shape index (κ2) is 5.69. The summed E-state index contributed by atoms with van der Waals surface area (Å²) in [6.45, 7) is 4.81. The molecule has 1 saturated carbocycles. The van der Waals surface area contributed by atoms with Crippen LogP contribution < -0.4 is 5.32 Å². The third-order valence-corrected chi connectivity index (χ3v) is 2.93. The van der Waals surface area contributed by atoms with Crippen LogP contribution in [0, 0.1) is 5.92 Å². The van der Waals surface area contributed by atoms with E-state index in [9.17, 15) is 0 Å². The molecule has 82 valence electrons.